The second-order valence-electron chi connectivity index (χ2n) is 6.83. The van der Waals surface area contributed by atoms with Crippen LogP contribution in [0.15, 0.2) is 35.2 Å². The Labute approximate surface area is 122 Å². The highest BCUT2D eigenvalue weighted by Crippen LogP contribution is 2.51. The van der Waals surface area contributed by atoms with E-state index in [9.17, 15) is 8.42 Å². The van der Waals surface area contributed by atoms with Crippen molar-refractivity contribution in [2.75, 3.05) is 13.1 Å². The first kappa shape index (κ1) is 14.1. The van der Waals surface area contributed by atoms with Crippen LogP contribution < -0.4 is 0 Å². The summed E-state index contributed by atoms with van der Waals surface area (Å²) in [5.41, 5.74) is 0.275. The van der Waals surface area contributed by atoms with Gasteiger partial charge < -0.3 is 0 Å². The number of sulfonamides is 1. The fourth-order valence-electron chi connectivity index (χ4n) is 3.72. The molecule has 110 valence electrons. The largest absolute Gasteiger partial charge is 0.243 e. The topological polar surface area (TPSA) is 37.4 Å². The maximum atomic E-state index is 12.5. The molecule has 1 unspecified atom stereocenters. The molecular formula is C16H23NO2S. The first-order chi connectivity index (χ1) is 9.43. The molecule has 0 aromatic heterocycles. The lowest BCUT2D eigenvalue weighted by Gasteiger charge is -2.47. The number of rotatable bonds is 3. The van der Waals surface area contributed by atoms with Gasteiger partial charge in [0.15, 0.2) is 0 Å². The fraction of sp³-hybridized carbons (Fsp3) is 0.625. The number of hydrogen-bond acceptors (Lipinski definition) is 2. The molecule has 0 bridgehead atoms. The van der Waals surface area contributed by atoms with E-state index in [1.807, 2.05) is 6.07 Å². The maximum Gasteiger partial charge on any atom is 0.243 e. The van der Waals surface area contributed by atoms with Crippen LogP contribution in [0.4, 0.5) is 0 Å². The van der Waals surface area contributed by atoms with Crippen molar-refractivity contribution in [1.82, 2.24) is 4.31 Å². The van der Waals surface area contributed by atoms with Crippen molar-refractivity contribution < 1.29 is 8.42 Å². The molecule has 2 fully saturated rings. The molecule has 0 amide bonds. The van der Waals surface area contributed by atoms with Gasteiger partial charge in [0.1, 0.15) is 0 Å². The highest BCUT2D eigenvalue weighted by atomic mass is 32.2. The first-order valence-electron chi connectivity index (χ1n) is 7.48. The van der Waals surface area contributed by atoms with E-state index in [-0.39, 0.29) is 5.41 Å². The number of nitrogens with zero attached hydrogens (tertiary/aromatic N) is 1. The van der Waals surface area contributed by atoms with Crippen LogP contribution in [0, 0.1) is 17.3 Å². The molecule has 20 heavy (non-hydrogen) atoms. The van der Waals surface area contributed by atoms with Gasteiger partial charge in [-0.05, 0) is 48.6 Å². The van der Waals surface area contributed by atoms with E-state index >= 15 is 0 Å². The fourth-order valence-corrected chi connectivity index (χ4v) is 5.41. The molecule has 1 aliphatic heterocycles. The lowest BCUT2D eigenvalue weighted by Crippen LogP contribution is -2.57. The molecule has 1 saturated heterocycles. The van der Waals surface area contributed by atoms with Crippen LogP contribution in [-0.2, 0) is 10.0 Å². The summed E-state index contributed by atoms with van der Waals surface area (Å²) in [6.07, 6.45) is 3.65. The summed E-state index contributed by atoms with van der Waals surface area (Å²) in [4.78, 5) is 0.424. The van der Waals surface area contributed by atoms with Crippen LogP contribution in [0.25, 0.3) is 0 Å². The highest BCUT2D eigenvalue weighted by Gasteiger charge is 2.52. The zero-order valence-electron chi connectivity index (χ0n) is 12.2. The summed E-state index contributed by atoms with van der Waals surface area (Å²) in [5, 5.41) is 0. The summed E-state index contributed by atoms with van der Waals surface area (Å²) in [5.74, 6) is 1.49. The minimum absolute atomic E-state index is 0.275. The predicted molar refractivity (Wildman–Crippen MR) is 79.8 cm³/mol. The molecule has 1 atom stereocenters. The second kappa shape index (κ2) is 4.85. The van der Waals surface area contributed by atoms with E-state index < -0.39 is 10.0 Å². The molecule has 1 spiro atoms. The molecule has 3 nitrogen and oxygen atoms in total. The Morgan fingerprint density at radius 3 is 2.40 bits per heavy atom. The molecule has 2 aliphatic rings. The third-order valence-corrected chi connectivity index (χ3v) is 6.89. The molecule has 0 N–H and O–H groups in total. The first-order valence-corrected chi connectivity index (χ1v) is 8.92. The molecule has 1 aromatic rings. The number of hydrogen-bond donors (Lipinski definition) is 0. The normalized spacial score (nSPS) is 26.1. The summed E-state index contributed by atoms with van der Waals surface area (Å²) in [6, 6.07) is 8.79. The van der Waals surface area contributed by atoms with Gasteiger partial charge in [0.05, 0.1) is 4.90 Å². The smallest absolute Gasteiger partial charge is 0.207 e. The van der Waals surface area contributed by atoms with Crippen LogP contribution in [0.1, 0.15) is 33.1 Å². The van der Waals surface area contributed by atoms with E-state index in [1.165, 1.54) is 19.3 Å². The summed E-state index contributed by atoms with van der Waals surface area (Å²) >= 11 is 0. The van der Waals surface area contributed by atoms with Crippen LogP contribution in [-0.4, -0.2) is 25.8 Å². The van der Waals surface area contributed by atoms with Gasteiger partial charge in [-0.25, -0.2) is 8.42 Å². The van der Waals surface area contributed by atoms with Gasteiger partial charge in [-0.15, -0.1) is 0 Å². The third kappa shape index (κ3) is 2.29. The quantitative estimate of drug-likeness (QED) is 0.858. The molecule has 0 radical (unpaired) electrons. The standard InChI is InChI=1S/C16H23NO2S/c1-13(2)14-8-9-16(10-14)11-17(12-16)20(18,19)15-6-4-3-5-7-15/h3-7,13-14H,8-12H2,1-2H3. The Balaban J connectivity index is 1.69. The monoisotopic (exact) mass is 293 g/mol. The summed E-state index contributed by atoms with van der Waals surface area (Å²) in [7, 11) is -3.27. The second-order valence-corrected chi connectivity index (χ2v) is 8.77. The molecule has 1 saturated carbocycles. The highest BCUT2D eigenvalue weighted by molar-refractivity contribution is 7.89. The average molecular weight is 293 g/mol. The van der Waals surface area contributed by atoms with Crippen molar-refractivity contribution >= 4 is 10.0 Å². The summed E-state index contributed by atoms with van der Waals surface area (Å²) < 4.78 is 26.6. The van der Waals surface area contributed by atoms with Crippen molar-refractivity contribution in [3.63, 3.8) is 0 Å². The zero-order valence-corrected chi connectivity index (χ0v) is 13.1. The van der Waals surface area contributed by atoms with Gasteiger partial charge in [-0.3, -0.25) is 0 Å². The van der Waals surface area contributed by atoms with Crippen molar-refractivity contribution in [1.29, 1.82) is 0 Å². The van der Waals surface area contributed by atoms with Gasteiger partial charge in [-0.1, -0.05) is 32.0 Å². The van der Waals surface area contributed by atoms with Gasteiger partial charge in [-0.2, -0.15) is 4.31 Å². The lowest BCUT2D eigenvalue weighted by molar-refractivity contribution is 0.0703. The molecule has 4 heteroatoms. The molecule has 1 aliphatic carbocycles. The Hall–Kier alpha value is -0.870. The zero-order chi connectivity index (χ0) is 14.4. The van der Waals surface area contributed by atoms with E-state index in [4.69, 9.17) is 0 Å². The lowest BCUT2D eigenvalue weighted by atomic mass is 9.78. The van der Waals surface area contributed by atoms with Gasteiger partial charge in [0, 0.05) is 13.1 Å². The van der Waals surface area contributed by atoms with Crippen molar-refractivity contribution in [3.8, 4) is 0 Å². The Morgan fingerprint density at radius 1 is 1.20 bits per heavy atom. The third-order valence-electron chi connectivity index (χ3n) is 5.09. The molecule has 3 rings (SSSR count). The average Bonchev–Trinajstić information content (AvgIpc) is 2.83. The molecule has 1 heterocycles. The SMILES string of the molecule is CC(C)C1CCC2(C1)CN(S(=O)(=O)c1ccccc1)C2. The van der Waals surface area contributed by atoms with E-state index in [1.54, 1.807) is 28.6 Å². The van der Waals surface area contributed by atoms with Crippen molar-refractivity contribution in [2.45, 2.75) is 38.0 Å². The van der Waals surface area contributed by atoms with E-state index in [0.29, 0.717) is 23.9 Å². The predicted octanol–water partition coefficient (Wildman–Crippen LogP) is 3.13. The number of benzene rings is 1. The van der Waals surface area contributed by atoms with Gasteiger partial charge in [0.2, 0.25) is 10.0 Å². The minimum atomic E-state index is -3.27. The van der Waals surface area contributed by atoms with Crippen molar-refractivity contribution in [3.05, 3.63) is 30.3 Å². The van der Waals surface area contributed by atoms with Crippen LogP contribution >= 0.6 is 0 Å². The Bertz CT molecular complexity index is 574. The van der Waals surface area contributed by atoms with Gasteiger partial charge >= 0.3 is 0 Å². The van der Waals surface area contributed by atoms with E-state index in [0.717, 1.165) is 5.92 Å². The van der Waals surface area contributed by atoms with Crippen LogP contribution in [0.5, 0.6) is 0 Å². The molecular weight excluding hydrogens is 270 g/mol. The maximum absolute atomic E-state index is 12.5. The van der Waals surface area contributed by atoms with Gasteiger partial charge in [0.25, 0.3) is 0 Å². The van der Waals surface area contributed by atoms with E-state index in [2.05, 4.69) is 13.8 Å². The van der Waals surface area contributed by atoms with Crippen molar-refractivity contribution in [2.24, 2.45) is 17.3 Å². The molecule has 1 aromatic carbocycles. The minimum Gasteiger partial charge on any atom is -0.207 e. The van der Waals surface area contributed by atoms with Crippen LogP contribution in [0.3, 0.4) is 0 Å². The Morgan fingerprint density at radius 2 is 1.85 bits per heavy atom. The Kier molecular flexibility index (Phi) is 3.41. The summed E-state index contributed by atoms with van der Waals surface area (Å²) in [6.45, 7) is 5.99. The van der Waals surface area contributed by atoms with Crippen LogP contribution in [0.2, 0.25) is 0 Å².